The van der Waals surface area contributed by atoms with Gasteiger partial charge in [-0.1, -0.05) is 30.3 Å². The first kappa shape index (κ1) is 30.3. The SMILES string of the molecule is CS(=O)(=O)c1ccc(-c2ccc(F)cc2)c(C(=O)N2CCN(c3ccc(C(O)(C(F)(F)F)C(F)(F)F)cc3)CC2)c1. The smallest absolute Gasteiger partial charge is 0.369 e. The minimum Gasteiger partial charge on any atom is -0.369 e. The van der Waals surface area contributed by atoms with Crippen molar-refractivity contribution in [3.63, 3.8) is 0 Å². The first-order valence-corrected chi connectivity index (χ1v) is 13.9. The Morgan fingerprint density at radius 3 is 1.83 bits per heavy atom. The lowest BCUT2D eigenvalue weighted by Gasteiger charge is -2.37. The van der Waals surface area contributed by atoms with Gasteiger partial charge in [-0.2, -0.15) is 26.3 Å². The molecular weight excluding hydrogens is 581 g/mol. The number of aliphatic hydroxyl groups is 1. The van der Waals surface area contributed by atoms with E-state index in [-0.39, 0.29) is 42.3 Å². The summed E-state index contributed by atoms with van der Waals surface area (Å²) in [4.78, 5) is 16.5. The van der Waals surface area contributed by atoms with Crippen LogP contribution in [-0.2, 0) is 15.4 Å². The van der Waals surface area contributed by atoms with Crippen molar-refractivity contribution >= 4 is 21.4 Å². The Hall–Kier alpha value is -3.65. The van der Waals surface area contributed by atoms with Gasteiger partial charge < -0.3 is 14.9 Å². The van der Waals surface area contributed by atoms with E-state index in [4.69, 9.17) is 0 Å². The molecule has 4 rings (SSSR count). The summed E-state index contributed by atoms with van der Waals surface area (Å²) in [7, 11) is -3.67. The Bertz CT molecular complexity index is 1520. The number of hydrogen-bond acceptors (Lipinski definition) is 5. The summed E-state index contributed by atoms with van der Waals surface area (Å²) in [6, 6.07) is 12.5. The lowest BCUT2D eigenvalue weighted by atomic mass is 9.92. The Balaban J connectivity index is 1.55. The highest BCUT2D eigenvalue weighted by Crippen LogP contribution is 2.50. The molecule has 1 heterocycles. The third kappa shape index (κ3) is 5.89. The van der Waals surface area contributed by atoms with Gasteiger partial charge in [0, 0.05) is 49.2 Å². The average molecular weight is 605 g/mol. The molecule has 6 nitrogen and oxygen atoms in total. The number of carbonyl (C=O) groups is 1. The minimum absolute atomic E-state index is 0.0657. The van der Waals surface area contributed by atoms with Crippen LogP contribution in [0.3, 0.4) is 0 Å². The van der Waals surface area contributed by atoms with Crippen molar-refractivity contribution in [2.45, 2.75) is 22.8 Å². The molecule has 1 saturated heterocycles. The van der Waals surface area contributed by atoms with E-state index in [0.717, 1.165) is 18.4 Å². The first-order valence-electron chi connectivity index (χ1n) is 12.0. The Morgan fingerprint density at radius 1 is 0.805 bits per heavy atom. The normalized spacial score (nSPS) is 15.2. The maximum absolute atomic E-state index is 13.5. The first-order chi connectivity index (χ1) is 18.9. The average Bonchev–Trinajstić information content (AvgIpc) is 2.91. The van der Waals surface area contributed by atoms with Crippen LogP contribution in [0.4, 0.5) is 36.4 Å². The topological polar surface area (TPSA) is 77.9 Å². The number of anilines is 1. The van der Waals surface area contributed by atoms with Crippen molar-refractivity contribution in [1.82, 2.24) is 4.90 Å². The van der Waals surface area contributed by atoms with Gasteiger partial charge in [-0.05, 0) is 47.5 Å². The molecule has 0 aliphatic carbocycles. The van der Waals surface area contributed by atoms with E-state index in [9.17, 15) is 49.1 Å². The van der Waals surface area contributed by atoms with Crippen molar-refractivity contribution in [1.29, 1.82) is 0 Å². The summed E-state index contributed by atoms with van der Waals surface area (Å²) in [5.74, 6) is -1.01. The zero-order valence-electron chi connectivity index (χ0n) is 21.3. The highest BCUT2D eigenvalue weighted by atomic mass is 32.2. The molecule has 1 N–H and O–H groups in total. The molecule has 0 spiro atoms. The molecular formula is C27H23F7N2O4S. The molecule has 0 bridgehead atoms. The van der Waals surface area contributed by atoms with Gasteiger partial charge in [-0.3, -0.25) is 4.79 Å². The van der Waals surface area contributed by atoms with Crippen molar-refractivity contribution in [3.8, 4) is 11.1 Å². The van der Waals surface area contributed by atoms with E-state index in [2.05, 4.69) is 0 Å². The lowest BCUT2D eigenvalue weighted by molar-refractivity contribution is -0.376. The number of benzene rings is 3. The van der Waals surface area contributed by atoms with Crippen LogP contribution in [0.5, 0.6) is 0 Å². The van der Waals surface area contributed by atoms with Gasteiger partial charge in [0.05, 0.1) is 4.90 Å². The molecule has 0 saturated carbocycles. The second-order valence-electron chi connectivity index (χ2n) is 9.52. The number of nitrogens with zero attached hydrogens (tertiary/aromatic N) is 2. The quantitative estimate of drug-likeness (QED) is 0.407. The van der Waals surface area contributed by atoms with Crippen LogP contribution in [-0.4, -0.2) is 69.1 Å². The van der Waals surface area contributed by atoms with Crippen LogP contribution in [0.1, 0.15) is 15.9 Å². The zero-order chi connectivity index (χ0) is 30.4. The van der Waals surface area contributed by atoms with Crippen LogP contribution < -0.4 is 4.90 Å². The Morgan fingerprint density at radius 2 is 1.34 bits per heavy atom. The fraction of sp³-hybridized carbons (Fsp3) is 0.296. The van der Waals surface area contributed by atoms with E-state index in [0.29, 0.717) is 23.3 Å². The molecule has 1 aliphatic rings. The van der Waals surface area contributed by atoms with Crippen molar-refractivity contribution in [2.75, 3.05) is 37.3 Å². The molecule has 1 fully saturated rings. The van der Waals surface area contributed by atoms with Crippen molar-refractivity contribution in [2.24, 2.45) is 0 Å². The molecule has 1 amide bonds. The van der Waals surface area contributed by atoms with Gasteiger partial charge in [0.25, 0.3) is 11.5 Å². The third-order valence-corrected chi connectivity index (χ3v) is 7.95. The van der Waals surface area contributed by atoms with Gasteiger partial charge in [-0.15, -0.1) is 0 Å². The van der Waals surface area contributed by atoms with Gasteiger partial charge in [0.2, 0.25) is 0 Å². The standard InChI is InChI=1S/C27H23F7N2O4S/c1-41(39,40)21-10-11-22(17-2-6-19(28)7-3-17)23(16-21)24(37)36-14-12-35(13-15-36)20-8-4-18(5-9-20)25(38,26(29,30)31)27(32,33)34/h2-11,16,38H,12-15H2,1H3. The summed E-state index contributed by atoms with van der Waals surface area (Å²) < 4.78 is 117. The molecule has 41 heavy (non-hydrogen) atoms. The molecule has 220 valence electrons. The summed E-state index contributed by atoms with van der Waals surface area (Å²) >= 11 is 0. The zero-order valence-corrected chi connectivity index (χ0v) is 22.1. The largest absolute Gasteiger partial charge is 0.430 e. The summed E-state index contributed by atoms with van der Waals surface area (Å²) in [5.41, 5.74) is -5.22. The molecule has 3 aromatic rings. The van der Waals surface area contributed by atoms with E-state index >= 15 is 0 Å². The van der Waals surface area contributed by atoms with Gasteiger partial charge >= 0.3 is 12.4 Å². The molecule has 1 aliphatic heterocycles. The third-order valence-electron chi connectivity index (χ3n) is 6.84. The molecule has 0 radical (unpaired) electrons. The maximum Gasteiger partial charge on any atom is 0.430 e. The van der Waals surface area contributed by atoms with Crippen LogP contribution >= 0.6 is 0 Å². The number of sulfone groups is 1. The Labute approximate surface area is 230 Å². The lowest BCUT2D eigenvalue weighted by Crippen LogP contribution is -2.54. The molecule has 14 heteroatoms. The van der Waals surface area contributed by atoms with E-state index in [1.807, 2.05) is 0 Å². The molecule has 0 unspecified atom stereocenters. The highest BCUT2D eigenvalue weighted by molar-refractivity contribution is 7.90. The number of hydrogen-bond donors (Lipinski definition) is 1. The minimum atomic E-state index is -6.00. The monoisotopic (exact) mass is 604 g/mol. The number of alkyl halides is 6. The van der Waals surface area contributed by atoms with Gasteiger partial charge in [0.1, 0.15) is 5.82 Å². The number of rotatable bonds is 5. The van der Waals surface area contributed by atoms with Crippen molar-refractivity contribution < 1.29 is 49.1 Å². The predicted molar refractivity (Wildman–Crippen MR) is 136 cm³/mol. The van der Waals surface area contributed by atoms with E-state index in [1.165, 1.54) is 47.4 Å². The van der Waals surface area contributed by atoms with E-state index in [1.54, 1.807) is 4.90 Å². The van der Waals surface area contributed by atoms with Gasteiger partial charge in [0.15, 0.2) is 9.84 Å². The number of piperazine rings is 1. The maximum atomic E-state index is 13.5. The van der Waals surface area contributed by atoms with Crippen LogP contribution in [0.15, 0.2) is 71.6 Å². The summed E-state index contributed by atoms with van der Waals surface area (Å²) in [6.07, 6.45) is -11.0. The van der Waals surface area contributed by atoms with Crippen LogP contribution in [0, 0.1) is 5.82 Å². The summed E-state index contributed by atoms with van der Waals surface area (Å²) in [5, 5.41) is 9.58. The van der Waals surface area contributed by atoms with Crippen molar-refractivity contribution in [3.05, 3.63) is 83.7 Å². The number of carbonyl (C=O) groups excluding carboxylic acids is 1. The summed E-state index contributed by atoms with van der Waals surface area (Å²) in [6.45, 7) is 0.514. The fourth-order valence-corrected chi connectivity index (χ4v) is 5.20. The number of amides is 1. The second kappa shape index (κ2) is 10.6. The molecule has 3 aromatic carbocycles. The number of halogens is 7. The van der Waals surface area contributed by atoms with Crippen LogP contribution in [0.25, 0.3) is 11.1 Å². The van der Waals surface area contributed by atoms with E-state index < -0.39 is 45.1 Å². The highest BCUT2D eigenvalue weighted by Gasteiger charge is 2.71. The van der Waals surface area contributed by atoms with Crippen LogP contribution in [0.2, 0.25) is 0 Å². The second-order valence-corrected chi connectivity index (χ2v) is 11.5. The Kier molecular flexibility index (Phi) is 7.86. The fourth-order valence-electron chi connectivity index (χ4n) is 4.55. The molecule has 0 aromatic heterocycles. The van der Waals surface area contributed by atoms with Gasteiger partial charge in [-0.25, -0.2) is 12.8 Å². The predicted octanol–water partition coefficient (Wildman–Crippen LogP) is 5.17. The molecule has 0 atom stereocenters.